The van der Waals surface area contributed by atoms with Gasteiger partial charge in [0.2, 0.25) is 5.75 Å². The van der Waals surface area contributed by atoms with E-state index in [2.05, 4.69) is 10.3 Å². The van der Waals surface area contributed by atoms with Crippen LogP contribution >= 0.6 is 34.5 Å². The number of fused-ring (bicyclic) bond motifs is 1. The summed E-state index contributed by atoms with van der Waals surface area (Å²) in [5.74, 6) is 1.01. The molecule has 0 radical (unpaired) electrons. The van der Waals surface area contributed by atoms with Gasteiger partial charge in [-0.05, 0) is 45.0 Å². The van der Waals surface area contributed by atoms with Gasteiger partial charge in [0.1, 0.15) is 5.52 Å². The van der Waals surface area contributed by atoms with Crippen LogP contribution in [0.2, 0.25) is 10.0 Å². The van der Waals surface area contributed by atoms with Crippen molar-refractivity contribution >= 4 is 55.8 Å². The van der Waals surface area contributed by atoms with Crippen LogP contribution in [0.25, 0.3) is 10.2 Å². The number of aromatic nitrogens is 1. The van der Waals surface area contributed by atoms with Crippen LogP contribution in [0, 0.1) is 0 Å². The van der Waals surface area contributed by atoms with Crippen molar-refractivity contribution in [1.82, 2.24) is 4.98 Å². The lowest BCUT2D eigenvalue weighted by Gasteiger charge is -2.16. The Bertz CT molecular complexity index is 973. The maximum atomic E-state index is 12.9. The van der Waals surface area contributed by atoms with E-state index in [1.165, 1.54) is 11.3 Å². The van der Waals surface area contributed by atoms with Crippen LogP contribution in [0.1, 0.15) is 31.1 Å². The van der Waals surface area contributed by atoms with Crippen LogP contribution in [-0.4, -0.2) is 30.7 Å². The largest absolute Gasteiger partial charge is 0.490 e. The van der Waals surface area contributed by atoms with Gasteiger partial charge in [-0.1, -0.05) is 34.5 Å². The van der Waals surface area contributed by atoms with Crippen molar-refractivity contribution in [3.05, 3.63) is 39.9 Å². The zero-order valence-corrected chi connectivity index (χ0v) is 18.5. The summed E-state index contributed by atoms with van der Waals surface area (Å²) in [4.78, 5) is 17.3. The monoisotopic (exact) mass is 454 g/mol. The zero-order valence-electron chi connectivity index (χ0n) is 16.2. The van der Waals surface area contributed by atoms with E-state index in [0.717, 1.165) is 0 Å². The number of halogens is 2. The van der Waals surface area contributed by atoms with E-state index in [1.807, 2.05) is 20.8 Å². The van der Waals surface area contributed by atoms with E-state index < -0.39 is 0 Å². The molecule has 9 heteroatoms. The van der Waals surface area contributed by atoms with Crippen LogP contribution in [0.5, 0.6) is 17.2 Å². The molecule has 0 aliphatic heterocycles. The first-order valence-electron chi connectivity index (χ1n) is 9.10. The molecule has 154 valence electrons. The van der Waals surface area contributed by atoms with Gasteiger partial charge in [0.15, 0.2) is 16.6 Å². The Balaban J connectivity index is 1.96. The predicted octanol–water partition coefficient (Wildman–Crippen LogP) is 6.05. The highest BCUT2D eigenvalue weighted by atomic mass is 35.5. The molecule has 29 heavy (non-hydrogen) atoms. The highest BCUT2D eigenvalue weighted by Crippen LogP contribution is 2.40. The number of carbonyl (C=O) groups is 1. The van der Waals surface area contributed by atoms with E-state index in [4.69, 9.17) is 37.4 Å². The molecule has 1 amide bonds. The van der Waals surface area contributed by atoms with Gasteiger partial charge in [-0.2, -0.15) is 0 Å². The van der Waals surface area contributed by atoms with E-state index in [1.54, 1.807) is 24.3 Å². The molecule has 1 aromatic heterocycles. The summed E-state index contributed by atoms with van der Waals surface area (Å²) in [5.41, 5.74) is 0.910. The molecule has 0 aliphatic carbocycles. The highest BCUT2D eigenvalue weighted by molar-refractivity contribution is 7.23. The fourth-order valence-corrected chi connectivity index (χ4v) is 4.10. The standard InChI is InChI=1S/C20H20Cl2N2O4S/c1-4-26-14-9-11(10-15(27-5-2)17(14)28-6-3)19(25)24-20-23-16-12(21)7-8-13(22)18(16)29-20/h7-10H,4-6H2,1-3H3,(H,23,24,25). The molecule has 0 unspecified atom stereocenters. The van der Waals surface area contributed by atoms with E-state index in [0.29, 0.717) is 68.0 Å². The number of carbonyl (C=O) groups excluding carboxylic acids is 1. The SMILES string of the molecule is CCOc1cc(C(=O)Nc2nc3c(Cl)ccc(Cl)c3s2)cc(OCC)c1OCC. The molecule has 0 saturated heterocycles. The molecular weight excluding hydrogens is 435 g/mol. The summed E-state index contributed by atoms with van der Waals surface area (Å²) >= 11 is 13.6. The van der Waals surface area contributed by atoms with Crippen molar-refractivity contribution in [3.63, 3.8) is 0 Å². The molecule has 0 atom stereocenters. The third kappa shape index (κ3) is 4.69. The Morgan fingerprint density at radius 2 is 1.59 bits per heavy atom. The Hall–Kier alpha value is -2.22. The molecular formula is C20H20Cl2N2O4S. The minimum atomic E-state index is -0.360. The fraction of sp³-hybridized carbons (Fsp3) is 0.300. The van der Waals surface area contributed by atoms with Gasteiger partial charge >= 0.3 is 0 Å². The molecule has 3 rings (SSSR count). The average Bonchev–Trinajstić information content (AvgIpc) is 3.12. The lowest BCUT2D eigenvalue weighted by Crippen LogP contribution is -2.13. The second-order valence-electron chi connectivity index (χ2n) is 5.78. The minimum absolute atomic E-state index is 0.358. The second-order valence-corrected chi connectivity index (χ2v) is 7.59. The van der Waals surface area contributed by atoms with Crippen molar-refractivity contribution < 1.29 is 19.0 Å². The molecule has 0 bridgehead atoms. The summed E-state index contributed by atoms with van der Waals surface area (Å²) in [6, 6.07) is 6.62. The van der Waals surface area contributed by atoms with E-state index >= 15 is 0 Å². The summed E-state index contributed by atoms with van der Waals surface area (Å²) in [5, 5.41) is 4.19. The van der Waals surface area contributed by atoms with Crippen molar-refractivity contribution in [3.8, 4) is 17.2 Å². The van der Waals surface area contributed by atoms with Crippen molar-refractivity contribution in [1.29, 1.82) is 0 Å². The minimum Gasteiger partial charge on any atom is -0.490 e. The number of amides is 1. The average molecular weight is 455 g/mol. The first kappa shape index (κ1) is 21.5. The fourth-order valence-electron chi connectivity index (χ4n) is 2.69. The number of ether oxygens (including phenoxy) is 3. The van der Waals surface area contributed by atoms with Crippen molar-refractivity contribution in [2.75, 3.05) is 25.1 Å². The number of thiazole rings is 1. The Labute approximate surface area is 182 Å². The van der Waals surface area contributed by atoms with Crippen LogP contribution in [0.3, 0.4) is 0 Å². The molecule has 0 fully saturated rings. The topological polar surface area (TPSA) is 69.7 Å². The normalized spacial score (nSPS) is 10.8. The maximum absolute atomic E-state index is 12.9. The molecule has 3 aromatic rings. The first-order valence-corrected chi connectivity index (χ1v) is 10.7. The first-order chi connectivity index (χ1) is 14.0. The highest BCUT2D eigenvalue weighted by Gasteiger charge is 2.20. The molecule has 0 aliphatic rings. The van der Waals surface area contributed by atoms with Crippen LogP contribution in [-0.2, 0) is 0 Å². The predicted molar refractivity (Wildman–Crippen MR) is 118 cm³/mol. The molecule has 0 saturated carbocycles. The summed E-state index contributed by atoms with van der Waals surface area (Å²) in [6.45, 7) is 6.88. The Morgan fingerprint density at radius 1 is 1.00 bits per heavy atom. The Kier molecular flexibility index (Phi) is 7.05. The van der Waals surface area contributed by atoms with Crippen molar-refractivity contribution in [2.45, 2.75) is 20.8 Å². The Morgan fingerprint density at radius 3 is 2.14 bits per heavy atom. The molecule has 2 aromatic carbocycles. The summed E-state index contributed by atoms with van der Waals surface area (Å²) < 4.78 is 17.7. The van der Waals surface area contributed by atoms with E-state index in [9.17, 15) is 4.79 Å². The lowest BCUT2D eigenvalue weighted by molar-refractivity contribution is 0.102. The zero-order chi connectivity index (χ0) is 21.0. The van der Waals surface area contributed by atoms with Gasteiger partial charge in [-0.3, -0.25) is 10.1 Å². The number of anilines is 1. The number of hydrogen-bond acceptors (Lipinski definition) is 6. The van der Waals surface area contributed by atoms with Gasteiger partial charge in [0.05, 0.1) is 34.6 Å². The lowest BCUT2D eigenvalue weighted by atomic mass is 10.1. The van der Waals surface area contributed by atoms with Gasteiger partial charge in [0, 0.05) is 5.56 Å². The summed E-state index contributed by atoms with van der Waals surface area (Å²) in [6.07, 6.45) is 0. The van der Waals surface area contributed by atoms with Gasteiger partial charge in [-0.25, -0.2) is 4.98 Å². The van der Waals surface area contributed by atoms with Crippen LogP contribution < -0.4 is 19.5 Å². The number of benzene rings is 2. The molecule has 0 spiro atoms. The third-order valence-electron chi connectivity index (χ3n) is 3.84. The maximum Gasteiger partial charge on any atom is 0.257 e. The number of hydrogen-bond donors (Lipinski definition) is 1. The molecule has 1 heterocycles. The smallest absolute Gasteiger partial charge is 0.257 e. The summed E-state index contributed by atoms with van der Waals surface area (Å²) in [7, 11) is 0. The van der Waals surface area contributed by atoms with E-state index in [-0.39, 0.29) is 5.91 Å². The van der Waals surface area contributed by atoms with Gasteiger partial charge in [-0.15, -0.1) is 0 Å². The second kappa shape index (κ2) is 9.52. The number of rotatable bonds is 8. The number of nitrogens with zero attached hydrogens (tertiary/aromatic N) is 1. The quantitative estimate of drug-likeness (QED) is 0.448. The van der Waals surface area contributed by atoms with Crippen LogP contribution in [0.15, 0.2) is 24.3 Å². The van der Waals surface area contributed by atoms with Gasteiger partial charge in [0.25, 0.3) is 5.91 Å². The third-order valence-corrected chi connectivity index (χ3v) is 5.57. The molecule has 6 nitrogen and oxygen atoms in total. The molecule has 1 N–H and O–H groups in total. The van der Waals surface area contributed by atoms with Crippen LogP contribution in [0.4, 0.5) is 5.13 Å². The number of nitrogens with one attached hydrogen (secondary N) is 1. The van der Waals surface area contributed by atoms with Crippen molar-refractivity contribution in [2.24, 2.45) is 0 Å². The van der Waals surface area contributed by atoms with Gasteiger partial charge < -0.3 is 14.2 Å².